The lowest BCUT2D eigenvalue weighted by atomic mass is 10.2. The third kappa shape index (κ3) is 6.07. The van der Waals surface area contributed by atoms with E-state index in [0.717, 1.165) is 5.56 Å². The van der Waals surface area contributed by atoms with Crippen LogP contribution < -0.4 is 10.6 Å². The van der Waals surface area contributed by atoms with Crippen LogP contribution in [0.25, 0.3) is 0 Å². The molecule has 0 aromatic heterocycles. The zero-order chi connectivity index (χ0) is 15.8. The Morgan fingerprint density at radius 3 is 2.57 bits per heavy atom. The van der Waals surface area contributed by atoms with Crippen molar-refractivity contribution in [1.82, 2.24) is 5.32 Å². The highest BCUT2D eigenvalue weighted by Crippen LogP contribution is 2.09. The van der Waals surface area contributed by atoms with Crippen molar-refractivity contribution in [3.05, 3.63) is 29.8 Å². The van der Waals surface area contributed by atoms with Gasteiger partial charge in [-0.2, -0.15) is 0 Å². The van der Waals surface area contributed by atoms with Gasteiger partial charge in [0, 0.05) is 11.7 Å². The first-order valence-electron chi connectivity index (χ1n) is 6.76. The number of carbonyl (C=O) groups excluding carboxylic acids is 3. The number of hydrogen-bond acceptors (Lipinski definition) is 4. The molecular formula is C15H20N2O4. The molecule has 0 spiro atoms. The summed E-state index contributed by atoms with van der Waals surface area (Å²) in [5.74, 6) is -1.96. The van der Waals surface area contributed by atoms with Crippen LogP contribution in [0.2, 0.25) is 0 Å². The minimum Gasteiger partial charge on any atom is -0.466 e. The Morgan fingerprint density at radius 2 is 1.95 bits per heavy atom. The molecule has 2 N–H and O–H groups in total. The summed E-state index contributed by atoms with van der Waals surface area (Å²) in [7, 11) is 0. The largest absolute Gasteiger partial charge is 0.466 e. The molecule has 6 heteroatoms. The first-order valence-corrected chi connectivity index (χ1v) is 6.76. The van der Waals surface area contributed by atoms with E-state index < -0.39 is 23.8 Å². The predicted octanol–water partition coefficient (Wildman–Crippen LogP) is 1.39. The number of ether oxygens (including phenoxy) is 1. The van der Waals surface area contributed by atoms with Gasteiger partial charge in [0.15, 0.2) is 0 Å². The van der Waals surface area contributed by atoms with Gasteiger partial charge in [-0.3, -0.25) is 14.4 Å². The minimum atomic E-state index is -0.784. The van der Waals surface area contributed by atoms with E-state index >= 15 is 0 Å². The molecule has 114 valence electrons. The van der Waals surface area contributed by atoms with Crippen molar-refractivity contribution in [2.75, 3.05) is 11.9 Å². The van der Waals surface area contributed by atoms with E-state index in [1.807, 2.05) is 13.0 Å². The summed E-state index contributed by atoms with van der Waals surface area (Å²) in [5.41, 5.74) is 1.53. The lowest BCUT2D eigenvalue weighted by Gasteiger charge is -2.13. The highest BCUT2D eigenvalue weighted by molar-refractivity contribution is 6.39. The lowest BCUT2D eigenvalue weighted by molar-refractivity contribution is -0.144. The quantitative estimate of drug-likeness (QED) is 0.634. The highest BCUT2D eigenvalue weighted by atomic mass is 16.5. The number of anilines is 1. The Balaban J connectivity index is 2.47. The lowest BCUT2D eigenvalue weighted by Crippen LogP contribution is -2.41. The number of aryl methyl sites for hydroxylation is 1. The van der Waals surface area contributed by atoms with E-state index in [2.05, 4.69) is 10.6 Å². The molecule has 6 nitrogen and oxygen atoms in total. The maximum Gasteiger partial charge on any atom is 0.313 e. The summed E-state index contributed by atoms with van der Waals surface area (Å²) in [6, 6.07) is 6.65. The highest BCUT2D eigenvalue weighted by Gasteiger charge is 2.18. The zero-order valence-corrected chi connectivity index (χ0v) is 12.4. The van der Waals surface area contributed by atoms with Crippen LogP contribution in [0, 0.1) is 6.92 Å². The average molecular weight is 292 g/mol. The van der Waals surface area contributed by atoms with Crippen molar-refractivity contribution in [3.63, 3.8) is 0 Å². The van der Waals surface area contributed by atoms with Gasteiger partial charge in [-0.25, -0.2) is 0 Å². The molecule has 2 amide bonds. The van der Waals surface area contributed by atoms with E-state index in [9.17, 15) is 14.4 Å². The number of hydrogen-bond donors (Lipinski definition) is 2. The molecule has 0 radical (unpaired) electrons. The number of nitrogens with one attached hydrogen (secondary N) is 2. The van der Waals surface area contributed by atoms with E-state index in [1.165, 1.54) is 0 Å². The Hall–Kier alpha value is -2.37. The van der Waals surface area contributed by atoms with Crippen LogP contribution in [-0.4, -0.2) is 30.4 Å². The maximum atomic E-state index is 11.7. The molecule has 0 heterocycles. The van der Waals surface area contributed by atoms with Gasteiger partial charge in [0.25, 0.3) is 0 Å². The molecule has 1 aromatic carbocycles. The van der Waals surface area contributed by atoms with Crippen molar-refractivity contribution in [2.24, 2.45) is 0 Å². The van der Waals surface area contributed by atoms with Gasteiger partial charge < -0.3 is 15.4 Å². The molecular weight excluding hydrogens is 272 g/mol. The van der Waals surface area contributed by atoms with Crippen molar-refractivity contribution >= 4 is 23.5 Å². The average Bonchev–Trinajstić information content (AvgIpc) is 2.38. The Kier molecular flexibility index (Phi) is 6.39. The van der Waals surface area contributed by atoms with Crippen LogP contribution in [-0.2, 0) is 19.1 Å². The second kappa shape index (κ2) is 8.04. The van der Waals surface area contributed by atoms with E-state index in [0.29, 0.717) is 5.69 Å². The Bertz CT molecular complexity index is 528. The Labute approximate surface area is 123 Å². The topological polar surface area (TPSA) is 84.5 Å². The molecule has 1 unspecified atom stereocenters. The molecule has 0 aliphatic carbocycles. The SMILES string of the molecule is CCOC(=O)CC(C)NC(=O)C(=O)Nc1cccc(C)c1. The van der Waals surface area contributed by atoms with Gasteiger partial charge in [0.1, 0.15) is 0 Å². The molecule has 0 bridgehead atoms. The summed E-state index contributed by atoms with van der Waals surface area (Å²) in [5, 5.41) is 4.95. The first-order chi connectivity index (χ1) is 9.92. The Morgan fingerprint density at radius 1 is 1.24 bits per heavy atom. The van der Waals surface area contributed by atoms with Crippen molar-refractivity contribution in [3.8, 4) is 0 Å². The van der Waals surface area contributed by atoms with Gasteiger partial charge in [-0.15, -0.1) is 0 Å². The second-order valence-electron chi connectivity index (χ2n) is 4.71. The van der Waals surface area contributed by atoms with Crippen LogP contribution in [0.15, 0.2) is 24.3 Å². The summed E-state index contributed by atoms with van der Waals surface area (Å²) in [6.45, 7) is 5.51. The molecule has 21 heavy (non-hydrogen) atoms. The van der Waals surface area contributed by atoms with Crippen LogP contribution in [0.4, 0.5) is 5.69 Å². The third-order valence-electron chi connectivity index (χ3n) is 2.64. The van der Waals surface area contributed by atoms with Crippen molar-refractivity contribution in [1.29, 1.82) is 0 Å². The predicted molar refractivity (Wildman–Crippen MR) is 78.7 cm³/mol. The van der Waals surface area contributed by atoms with E-state index in [1.54, 1.807) is 32.0 Å². The minimum absolute atomic E-state index is 0.0251. The first kappa shape index (κ1) is 16.7. The summed E-state index contributed by atoms with van der Waals surface area (Å²) in [6.07, 6.45) is 0.0251. The number of esters is 1. The molecule has 0 saturated heterocycles. The summed E-state index contributed by atoms with van der Waals surface area (Å²) in [4.78, 5) is 34.7. The van der Waals surface area contributed by atoms with Gasteiger partial charge in [0.05, 0.1) is 13.0 Å². The zero-order valence-electron chi connectivity index (χ0n) is 12.4. The van der Waals surface area contributed by atoms with Crippen LogP contribution in [0.5, 0.6) is 0 Å². The summed E-state index contributed by atoms with van der Waals surface area (Å²) < 4.78 is 4.77. The number of benzene rings is 1. The molecule has 0 aliphatic heterocycles. The molecule has 0 fully saturated rings. The van der Waals surface area contributed by atoms with Crippen molar-refractivity contribution in [2.45, 2.75) is 33.2 Å². The van der Waals surface area contributed by atoms with E-state index in [-0.39, 0.29) is 13.0 Å². The second-order valence-corrected chi connectivity index (χ2v) is 4.71. The van der Waals surface area contributed by atoms with Crippen LogP contribution >= 0.6 is 0 Å². The molecule has 0 aliphatic rings. The normalized spacial score (nSPS) is 11.4. The number of carbonyl (C=O) groups is 3. The van der Waals surface area contributed by atoms with E-state index in [4.69, 9.17) is 4.74 Å². The fraction of sp³-hybridized carbons (Fsp3) is 0.400. The van der Waals surface area contributed by atoms with Gasteiger partial charge in [-0.1, -0.05) is 12.1 Å². The molecule has 1 aromatic rings. The van der Waals surface area contributed by atoms with Crippen LogP contribution in [0.3, 0.4) is 0 Å². The third-order valence-corrected chi connectivity index (χ3v) is 2.64. The maximum absolute atomic E-state index is 11.7. The van der Waals surface area contributed by atoms with Crippen molar-refractivity contribution < 1.29 is 19.1 Å². The fourth-order valence-electron chi connectivity index (χ4n) is 1.72. The molecule has 0 saturated carbocycles. The monoisotopic (exact) mass is 292 g/mol. The number of rotatable bonds is 5. The van der Waals surface area contributed by atoms with Gasteiger partial charge in [0.2, 0.25) is 0 Å². The molecule has 1 atom stereocenters. The standard InChI is InChI=1S/C15H20N2O4/c1-4-21-13(18)9-11(3)16-14(19)15(20)17-12-7-5-6-10(2)8-12/h5-8,11H,4,9H2,1-3H3,(H,16,19)(H,17,20). The summed E-state index contributed by atoms with van der Waals surface area (Å²) >= 11 is 0. The number of amides is 2. The smallest absolute Gasteiger partial charge is 0.313 e. The fourth-order valence-corrected chi connectivity index (χ4v) is 1.72. The van der Waals surface area contributed by atoms with Gasteiger partial charge in [-0.05, 0) is 38.5 Å². The molecule has 1 rings (SSSR count). The van der Waals surface area contributed by atoms with Crippen LogP contribution in [0.1, 0.15) is 25.8 Å². The van der Waals surface area contributed by atoms with Gasteiger partial charge >= 0.3 is 17.8 Å².